The lowest BCUT2D eigenvalue weighted by atomic mass is 9.99. The number of rotatable bonds is 5. The van der Waals surface area contributed by atoms with Gasteiger partial charge in [-0.2, -0.15) is 0 Å². The molecule has 0 aliphatic heterocycles. The number of thiophene rings is 1. The van der Waals surface area contributed by atoms with Crippen LogP contribution in [0.5, 0.6) is 0 Å². The first-order valence-electron chi connectivity index (χ1n) is 21.1. The van der Waals surface area contributed by atoms with Crippen molar-refractivity contribution in [1.29, 1.82) is 0 Å². The van der Waals surface area contributed by atoms with Crippen molar-refractivity contribution in [2.24, 2.45) is 0 Å². The Morgan fingerprint density at radius 3 is 2.07 bits per heavy atom. The molecule has 9 aromatic carbocycles. The Morgan fingerprint density at radius 2 is 1.20 bits per heavy atom. The summed E-state index contributed by atoms with van der Waals surface area (Å²) in [5.41, 5.74) is 8.16. The van der Waals surface area contributed by atoms with Gasteiger partial charge in [0.05, 0.1) is 17.9 Å². The first-order chi connectivity index (χ1) is 29.8. The average molecular weight is 738 g/mol. The van der Waals surface area contributed by atoms with Crippen molar-refractivity contribution in [2.75, 3.05) is 4.90 Å². The monoisotopic (exact) mass is 737 g/mol. The predicted octanol–water partition coefficient (Wildman–Crippen LogP) is 15.3. The molecule has 0 saturated carbocycles. The van der Waals surface area contributed by atoms with E-state index in [0.717, 1.165) is 49.6 Å². The van der Waals surface area contributed by atoms with Gasteiger partial charge in [0.1, 0.15) is 11.2 Å². The number of hydrogen-bond acceptors (Lipinski definition) is 3. The van der Waals surface area contributed by atoms with Gasteiger partial charge in [-0.05, 0) is 119 Å². The fourth-order valence-corrected chi connectivity index (χ4v) is 9.64. The molecule has 0 aliphatic rings. The lowest BCUT2D eigenvalue weighted by Crippen LogP contribution is -2.09. The number of hydrogen-bond donors (Lipinski definition) is 0. The lowest BCUT2D eigenvalue weighted by molar-refractivity contribution is 0.669. The third-order valence-electron chi connectivity index (χ3n) is 11.0. The summed E-state index contributed by atoms with van der Waals surface area (Å²) in [5, 5.41) is 9.10. The minimum absolute atomic E-state index is 0.0702. The first kappa shape index (κ1) is 26.6. The van der Waals surface area contributed by atoms with Crippen LogP contribution in [0.2, 0.25) is 0 Å². The fraction of sp³-hybridized carbons (Fsp3) is 0. The summed E-state index contributed by atoms with van der Waals surface area (Å²) >= 11 is 1.83. The van der Waals surface area contributed by atoms with Gasteiger partial charge < -0.3 is 13.9 Å². The molecule has 56 heavy (non-hydrogen) atoms. The van der Waals surface area contributed by atoms with Gasteiger partial charge in [-0.1, -0.05) is 97.0 Å². The summed E-state index contributed by atoms with van der Waals surface area (Å²) in [6.45, 7) is 0. The Balaban J connectivity index is 1.04. The van der Waals surface area contributed by atoms with Crippen molar-refractivity contribution >= 4 is 103 Å². The van der Waals surface area contributed by atoms with Crippen LogP contribution in [0.25, 0.3) is 91.5 Å². The van der Waals surface area contributed by atoms with Gasteiger partial charge in [-0.15, -0.1) is 11.3 Å². The van der Waals surface area contributed by atoms with Crippen LogP contribution in [0.15, 0.2) is 198 Å². The van der Waals surface area contributed by atoms with Crippen LogP contribution >= 0.6 is 11.3 Å². The summed E-state index contributed by atoms with van der Waals surface area (Å²) in [6.07, 6.45) is 0. The van der Waals surface area contributed by atoms with Crippen LogP contribution in [0.4, 0.5) is 17.1 Å². The molecule has 3 nitrogen and oxygen atoms in total. The van der Waals surface area contributed by atoms with Crippen molar-refractivity contribution < 1.29 is 11.3 Å². The quantitative estimate of drug-likeness (QED) is 0.175. The van der Waals surface area contributed by atoms with Gasteiger partial charge in [0, 0.05) is 64.5 Å². The second-order valence-corrected chi connectivity index (χ2v) is 15.2. The first-order valence-corrected chi connectivity index (χ1v) is 19.4. The molecule has 12 aromatic rings. The smallest absolute Gasteiger partial charge is 0.135 e. The zero-order valence-electron chi connectivity index (χ0n) is 34.8. The van der Waals surface area contributed by atoms with E-state index in [-0.39, 0.29) is 17.8 Å². The lowest BCUT2D eigenvalue weighted by Gasteiger charge is -2.25. The summed E-state index contributed by atoms with van der Waals surface area (Å²) in [4.78, 5) is 1.75. The Hall–Kier alpha value is -7.14. The van der Waals surface area contributed by atoms with Crippen molar-refractivity contribution in [3.05, 3.63) is 194 Å². The van der Waals surface area contributed by atoms with Crippen LogP contribution < -0.4 is 4.90 Å². The molecule has 3 heterocycles. The molecule has 0 amide bonds. The van der Waals surface area contributed by atoms with Crippen molar-refractivity contribution in [3.8, 4) is 16.8 Å². The van der Waals surface area contributed by atoms with E-state index < -0.39 is 18.1 Å². The van der Waals surface area contributed by atoms with E-state index in [0.29, 0.717) is 17.0 Å². The second kappa shape index (κ2) is 12.2. The normalized spacial score (nSPS) is 13.2. The van der Waals surface area contributed by atoms with E-state index in [2.05, 4.69) is 95.6 Å². The van der Waals surface area contributed by atoms with Crippen LogP contribution in [0, 0.1) is 0 Å². The van der Waals surface area contributed by atoms with Crippen LogP contribution in [-0.4, -0.2) is 4.57 Å². The molecule has 0 unspecified atom stereocenters. The number of anilines is 3. The van der Waals surface area contributed by atoms with Crippen LogP contribution in [0.1, 0.15) is 6.85 Å². The fourth-order valence-electron chi connectivity index (χ4n) is 8.51. The van der Waals surface area contributed by atoms with Gasteiger partial charge in [0.15, 0.2) is 0 Å². The minimum atomic E-state index is -0.435. The third kappa shape index (κ3) is 4.76. The number of aromatic nitrogens is 1. The number of furan rings is 1. The molecule has 4 heteroatoms. The van der Waals surface area contributed by atoms with E-state index in [1.807, 2.05) is 84.1 Å². The maximum atomic E-state index is 9.00. The van der Waals surface area contributed by atoms with Crippen LogP contribution in [0.3, 0.4) is 0 Å². The number of fused-ring (bicyclic) bond motifs is 11. The molecule has 3 aromatic heterocycles. The minimum Gasteiger partial charge on any atom is -0.456 e. The highest BCUT2D eigenvalue weighted by atomic mass is 32.1. The molecule has 0 saturated heterocycles. The van der Waals surface area contributed by atoms with Crippen molar-refractivity contribution in [2.45, 2.75) is 0 Å². The standard InChI is InChI=1S/C52H32N2OS/c1-3-11-36(12-4-1)53(39-25-27-49-45(31-39)40-15-7-9-17-48(40)55-49)38-23-19-33(20-24-38)34-21-26-46-43(29-34)44-32-42-35(30-47(44)54(46)37-13-5-2-6-14-37)22-28-51-52(42)41-16-8-10-18-50(41)56-51/h1-32H/i1D,3D,4D,11D,12D. The molecule has 12 rings (SSSR count). The number of nitrogens with zero attached hydrogens (tertiary/aromatic N) is 2. The predicted molar refractivity (Wildman–Crippen MR) is 239 cm³/mol. The van der Waals surface area contributed by atoms with E-state index in [4.69, 9.17) is 11.3 Å². The van der Waals surface area contributed by atoms with Gasteiger partial charge in [-0.3, -0.25) is 0 Å². The summed E-state index contributed by atoms with van der Waals surface area (Å²) in [7, 11) is 0. The Kier molecular flexibility index (Phi) is 5.79. The van der Waals surface area contributed by atoms with Gasteiger partial charge >= 0.3 is 0 Å². The van der Waals surface area contributed by atoms with E-state index in [1.165, 1.54) is 36.3 Å². The SMILES string of the molecule is [2H]c1c([2H])c([2H])c(N(c2ccc(-c3ccc4c(c3)c3cc5c(ccc6sc7ccccc7c65)cc3n4-c3ccccc3)cc2)c2ccc3oc4ccccc4c3c2)c([2H])c1[2H]. The van der Waals surface area contributed by atoms with Gasteiger partial charge in [0.25, 0.3) is 0 Å². The molecule has 0 radical (unpaired) electrons. The molecule has 0 spiro atoms. The zero-order chi connectivity index (χ0) is 41.1. The molecular formula is C52H32N2OS. The van der Waals surface area contributed by atoms with Crippen LogP contribution in [-0.2, 0) is 0 Å². The number of benzene rings is 9. The van der Waals surface area contributed by atoms with E-state index in [1.54, 1.807) is 4.90 Å². The molecule has 0 bridgehead atoms. The van der Waals surface area contributed by atoms with E-state index >= 15 is 0 Å². The Labute approximate surface area is 333 Å². The molecular weight excluding hydrogens is 701 g/mol. The van der Waals surface area contributed by atoms with Crippen molar-refractivity contribution in [1.82, 2.24) is 4.57 Å². The Morgan fingerprint density at radius 1 is 0.464 bits per heavy atom. The Bertz CT molecular complexity index is 3750. The number of para-hydroxylation sites is 3. The second-order valence-electron chi connectivity index (χ2n) is 14.2. The maximum absolute atomic E-state index is 9.00. The highest BCUT2D eigenvalue weighted by Gasteiger charge is 2.19. The highest BCUT2D eigenvalue weighted by molar-refractivity contribution is 7.26. The molecule has 0 aliphatic carbocycles. The van der Waals surface area contributed by atoms with Crippen molar-refractivity contribution in [3.63, 3.8) is 0 Å². The molecule has 0 N–H and O–H groups in total. The molecule has 0 fully saturated rings. The van der Waals surface area contributed by atoms with Gasteiger partial charge in [0.2, 0.25) is 0 Å². The average Bonchev–Trinajstić information content (AvgIpc) is 3.98. The summed E-state index contributed by atoms with van der Waals surface area (Å²) in [6, 6.07) is 54.7. The highest BCUT2D eigenvalue weighted by Crippen LogP contribution is 2.44. The van der Waals surface area contributed by atoms with Gasteiger partial charge in [-0.25, -0.2) is 0 Å². The van der Waals surface area contributed by atoms with E-state index in [9.17, 15) is 0 Å². The molecule has 0 atom stereocenters. The zero-order valence-corrected chi connectivity index (χ0v) is 30.6. The maximum Gasteiger partial charge on any atom is 0.135 e. The largest absolute Gasteiger partial charge is 0.456 e. The summed E-state index contributed by atoms with van der Waals surface area (Å²) < 4.78 is 54.5. The topological polar surface area (TPSA) is 21.3 Å². The summed E-state index contributed by atoms with van der Waals surface area (Å²) in [5.74, 6) is 0. The molecule has 262 valence electrons. The third-order valence-corrected chi connectivity index (χ3v) is 12.2.